The van der Waals surface area contributed by atoms with Crippen molar-refractivity contribution in [2.45, 2.75) is 6.42 Å². The third-order valence-electron chi connectivity index (χ3n) is 1.92. The summed E-state index contributed by atoms with van der Waals surface area (Å²) in [5, 5.41) is 5.11. The summed E-state index contributed by atoms with van der Waals surface area (Å²) in [4.78, 5) is 0. The van der Waals surface area contributed by atoms with Crippen LogP contribution in [0.5, 0.6) is 0 Å². The van der Waals surface area contributed by atoms with Crippen molar-refractivity contribution >= 4 is 15.9 Å². The minimum Gasteiger partial charge on any atom is -0.330 e. The molecular weight excluding hydrogens is 214 g/mol. The third-order valence-corrected chi connectivity index (χ3v) is 2.92. The van der Waals surface area contributed by atoms with Gasteiger partial charge in [0, 0.05) is 6.54 Å². The Morgan fingerprint density at radius 1 is 1.20 bits per heavy atom. The molecule has 0 bridgehead atoms. The maximum atomic E-state index is 11.3. The second-order valence-electron chi connectivity index (χ2n) is 3.09. The lowest BCUT2D eigenvalue weighted by Crippen LogP contribution is -2.38. The van der Waals surface area contributed by atoms with Crippen LogP contribution in [0.2, 0.25) is 0 Å². The van der Waals surface area contributed by atoms with Crippen molar-refractivity contribution < 1.29 is 8.42 Å². The molecule has 0 fully saturated rings. The first-order valence-corrected chi connectivity index (χ1v) is 6.11. The topological polar surface area (TPSA) is 89.4 Å². The zero-order valence-electron chi connectivity index (χ0n) is 8.33. The van der Waals surface area contributed by atoms with E-state index in [4.69, 9.17) is 10.9 Å². The molecule has 0 unspecified atom stereocenters. The maximum absolute atomic E-state index is 11.3. The molecule has 0 aliphatic heterocycles. The maximum Gasteiger partial charge on any atom is 0.298 e. The van der Waals surface area contributed by atoms with Gasteiger partial charge in [0.25, 0.3) is 10.2 Å². The van der Waals surface area contributed by atoms with Crippen molar-refractivity contribution in [3.63, 3.8) is 0 Å². The molecule has 5 nitrogen and oxygen atoms in total. The van der Waals surface area contributed by atoms with Gasteiger partial charge in [-0.25, -0.2) is 5.14 Å². The van der Waals surface area contributed by atoms with Gasteiger partial charge in [-0.2, -0.15) is 8.42 Å². The summed E-state index contributed by atoms with van der Waals surface area (Å²) in [5.41, 5.74) is 5.90. The fraction of sp³-hybridized carbons (Fsp3) is 0.333. The lowest BCUT2D eigenvalue weighted by molar-refractivity contribution is 0.591. The summed E-state index contributed by atoms with van der Waals surface area (Å²) in [6.45, 7) is 0.734. The second kappa shape index (κ2) is 5.11. The van der Waals surface area contributed by atoms with Gasteiger partial charge in [0.15, 0.2) is 0 Å². The standard InChI is InChI=1S/C9H15N3O2S/c10-7-4-8-12(15(11,13)14)9-5-2-1-3-6-9/h1-3,5-6H,4,7-8,10H2,(H2,11,13,14). The predicted molar refractivity (Wildman–Crippen MR) is 60.6 cm³/mol. The average Bonchev–Trinajstić information content (AvgIpc) is 2.18. The van der Waals surface area contributed by atoms with Gasteiger partial charge in [0.1, 0.15) is 0 Å². The summed E-state index contributed by atoms with van der Waals surface area (Å²) in [5.74, 6) is 0. The van der Waals surface area contributed by atoms with E-state index < -0.39 is 10.2 Å². The van der Waals surface area contributed by atoms with Gasteiger partial charge < -0.3 is 5.73 Å². The lowest BCUT2D eigenvalue weighted by atomic mass is 10.3. The molecular formula is C9H15N3O2S. The number of para-hydroxylation sites is 1. The Labute approximate surface area is 89.9 Å². The second-order valence-corrected chi connectivity index (χ2v) is 4.57. The monoisotopic (exact) mass is 229 g/mol. The molecule has 0 saturated heterocycles. The van der Waals surface area contributed by atoms with E-state index in [1.165, 1.54) is 0 Å². The van der Waals surface area contributed by atoms with Crippen LogP contribution in [-0.4, -0.2) is 21.5 Å². The van der Waals surface area contributed by atoms with Gasteiger partial charge in [-0.3, -0.25) is 4.31 Å². The van der Waals surface area contributed by atoms with E-state index in [0.717, 1.165) is 4.31 Å². The first-order valence-electron chi connectivity index (χ1n) is 4.61. The van der Waals surface area contributed by atoms with Crippen LogP contribution >= 0.6 is 0 Å². The lowest BCUT2D eigenvalue weighted by Gasteiger charge is -2.21. The quantitative estimate of drug-likeness (QED) is 0.747. The van der Waals surface area contributed by atoms with E-state index in [2.05, 4.69) is 0 Å². The van der Waals surface area contributed by atoms with Gasteiger partial charge in [0.2, 0.25) is 0 Å². The molecule has 0 saturated carbocycles. The van der Waals surface area contributed by atoms with Crippen molar-refractivity contribution in [1.29, 1.82) is 0 Å². The number of benzene rings is 1. The first-order chi connectivity index (χ1) is 7.05. The largest absolute Gasteiger partial charge is 0.330 e. The Morgan fingerprint density at radius 3 is 2.27 bits per heavy atom. The molecule has 1 aromatic carbocycles. The minimum absolute atomic E-state index is 0.305. The average molecular weight is 229 g/mol. The van der Waals surface area contributed by atoms with E-state index >= 15 is 0 Å². The highest BCUT2D eigenvalue weighted by molar-refractivity contribution is 7.90. The fourth-order valence-electron chi connectivity index (χ4n) is 1.23. The van der Waals surface area contributed by atoms with Crippen LogP contribution in [0.15, 0.2) is 30.3 Å². The SMILES string of the molecule is NCCCN(c1ccccc1)S(N)(=O)=O. The van der Waals surface area contributed by atoms with Crippen LogP contribution < -0.4 is 15.2 Å². The van der Waals surface area contributed by atoms with Gasteiger partial charge in [-0.1, -0.05) is 18.2 Å². The van der Waals surface area contributed by atoms with Crippen molar-refractivity contribution in [2.75, 3.05) is 17.4 Å². The van der Waals surface area contributed by atoms with Crippen LogP contribution in [0.25, 0.3) is 0 Å². The highest BCUT2D eigenvalue weighted by Crippen LogP contribution is 2.15. The molecule has 0 aliphatic rings. The van der Waals surface area contributed by atoms with Crippen molar-refractivity contribution in [3.8, 4) is 0 Å². The van der Waals surface area contributed by atoms with Crippen LogP contribution in [0.4, 0.5) is 5.69 Å². The molecule has 4 N–H and O–H groups in total. The number of anilines is 1. The van der Waals surface area contributed by atoms with Crippen LogP contribution in [-0.2, 0) is 10.2 Å². The Balaban J connectivity index is 2.92. The first kappa shape index (κ1) is 12.0. The molecule has 0 radical (unpaired) electrons. The summed E-state index contributed by atoms with van der Waals surface area (Å²) in [6, 6.07) is 8.72. The molecule has 15 heavy (non-hydrogen) atoms. The number of nitrogens with zero attached hydrogens (tertiary/aromatic N) is 1. The molecule has 6 heteroatoms. The summed E-state index contributed by atoms with van der Waals surface area (Å²) in [6.07, 6.45) is 0.575. The van der Waals surface area contributed by atoms with Crippen LogP contribution in [0.3, 0.4) is 0 Å². The van der Waals surface area contributed by atoms with Crippen LogP contribution in [0, 0.1) is 0 Å². The summed E-state index contributed by atoms with van der Waals surface area (Å²) in [7, 11) is -3.71. The Morgan fingerprint density at radius 2 is 1.80 bits per heavy atom. The summed E-state index contributed by atoms with van der Waals surface area (Å²) >= 11 is 0. The highest BCUT2D eigenvalue weighted by Gasteiger charge is 2.16. The van der Waals surface area contributed by atoms with E-state index in [0.29, 0.717) is 25.2 Å². The molecule has 0 amide bonds. The third kappa shape index (κ3) is 3.50. The van der Waals surface area contributed by atoms with E-state index in [1.54, 1.807) is 24.3 Å². The Kier molecular flexibility index (Phi) is 4.07. The van der Waals surface area contributed by atoms with Gasteiger partial charge >= 0.3 is 0 Å². The molecule has 0 aromatic heterocycles. The number of nitrogens with two attached hydrogens (primary N) is 2. The summed E-state index contributed by atoms with van der Waals surface area (Å²) < 4.78 is 23.8. The van der Waals surface area contributed by atoms with Gasteiger partial charge in [-0.15, -0.1) is 0 Å². The van der Waals surface area contributed by atoms with Crippen molar-refractivity contribution in [1.82, 2.24) is 0 Å². The molecule has 1 rings (SSSR count). The Bertz CT molecular complexity index is 391. The number of hydrogen-bond acceptors (Lipinski definition) is 3. The van der Waals surface area contributed by atoms with Crippen molar-refractivity contribution in [3.05, 3.63) is 30.3 Å². The molecule has 84 valence electrons. The molecule has 0 aliphatic carbocycles. The normalized spacial score (nSPS) is 11.3. The number of hydrogen-bond donors (Lipinski definition) is 2. The van der Waals surface area contributed by atoms with Crippen LogP contribution in [0.1, 0.15) is 6.42 Å². The fourth-order valence-corrected chi connectivity index (χ4v) is 2.03. The Hall–Kier alpha value is -1.11. The number of rotatable bonds is 5. The van der Waals surface area contributed by atoms with Gasteiger partial charge in [-0.05, 0) is 25.1 Å². The smallest absolute Gasteiger partial charge is 0.298 e. The predicted octanol–water partition coefficient (Wildman–Crippen LogP) is 0.0453. The van der Waals surface area contributed by atoms with Gasteiger partial charge in [0.05, 0.1) is 5.69 Å². The molecule has 0 spiro atoms. The minimum atomic E-state index is -3.71. The van der Waals surface area contributed by atoms with E-state index in [-0.39, 0.29) is 0 Å². The highest BCUT2D eigenvalue weighted by atomic mass is 32.2. The molecule has 1 aromatic rings. The van der Waals surface area contributed by atoms with E-state index in [1.807, 2.05) is 6.07 Å². The molecule has 0 heterocycles. The van der Waals surface area contributed by atoms with E-state index in [9.17, 15) is 8.42 Å². The zero-order valence-corrected chi connectivity index (χ0v) is 9.15. The zero-order chi connectivity index (χ0) is 11.3. The molecule has 0 atom stereocenters. The van der Waals surface area contributed by atoms with Crippen molar-refractivity contribution in [2.24, 2.45) is 10.9 Å².